The van der Waals surface area contributed by atoms with E-state index in [1.54, 1.807) is 0 Å². The Kier molecular flexibility index (Phi) is 4.10. The standard InChI is InChI=1S/C17H26N4O2S/c1-16(2,3)12-10-21-14(18-12)24-15(19-21)20-9-7-8-11(20)13(22)23-17(4,5)6/h10-11H,7-9H2,1-6H3/t11-/m0/s1. The van der Waals surface area contributed by atoms with E-state index in [0.717, 1.165) is 35.2 Å². The molecule has 6 nitrogen and oxygen atoms in total. The summed E-state index contributed by atoms with van der Waals surface area (Å²) < 4.78 is 7.39. The third-order valence-electron chi connectivity index (χ3n) is 3.98. The molecule has 0 bridgehead atoms. The first-order chi connectivity index (χ1) is 11.0. The van der Waals surface area contributed by atoms with Gasteiger partial charge in [0.1, 0.15) is 11.6 Å². The fourth-order valence-corrected chi connectivity index (χ4v) is 3.74. The zero-order valence-corrected chi connectivity index (χ0v) is 16.1. The third kappa shape index (κ3) is 3.41. The van der Waals surface area contributed by atoms with Crippen molar-refractivity contribution in [2.45, 2.75) is 71.4 Å². The summed E-state index contributed by atoms with van der Waals surface area (Å²) in [6, 6.07) is -0.248. The number of ether oxygens (including phenoxy) is 1. The lowest BCUT2D eigenvalue weighted by Gasteiger charge is -2.26. The zero-order chi connectivity index (χ0) is 17.7. The van der Waals surface area contributed by atoms with Gasteiger partial charge in [0, 0.05) is 12.0 Å². The fourth-order valence-electron chi connectivity index (χ4n) is 2.78. The monoisotopic (exact) mass is 350 g/mol. The maximum atomic E-state index is 12.5. The molecule has 0 unspecified atom stereocenters. The third-order valence-corrected chi connectivity index (χ3v) is 4.94. The van der Waals surface area contributed by atoms with E-state index in [0.29, 0.717) is 0 Å². The number of carbonyl (C=O) groups excluding carboxylic acids is 1. The predicted octanol–water partition coefficient (Wildman–Crippen LogP) is 3.40. The molecule has 7 heteroatoms. The number of aromatic nitrogens is 3. The molecule has 2 aromatic heterocycles. The summed E-state index contributed by atoms with van der Waals surface area (Å²) in [7, 11) is 0. The van der Waals surface area contributed by atoms with Crippen LogP contribution in [0, 0.1) is 0 Å². The van der Waals surface area contributed by atoms with Gasteiger partial charge in [-0.3, -0.25) is 0 Å². The van der Waals surface area contributed by atoms with E-state index in [1.807, 2.05) is 31.5 Å². The van der Waals surface area contributed by atoms with Gasteiger partial charge in [-0.05, 0) is 33.6 Å². The average molecular weight is 350 g/mol. The molecule has 0 aliphatic carbocycles. The molecule has 0 amide bonds. The smallest absolute Gasteiger partial charge is 0.329 e. The van der Waals surface area contributed by atoms with Crippen molar-refractivity contribution in [3.8, 4) is 0 Å². The molecule has 3 heterocycles. The normalized spacial score (nSPS) is 19.2. The van der Waals surface area contributed by atoms with Crippen molar-refractivity contribution in [1.82, 2.24) is 14.6 Å². The molecule has 1 atom stereocenters. The lowest BCUT2D eigenvalue weighted by atomic mass is 9.93. The first-order valence-electron chi connectivity index (χ1n) is 8.41. The van der Waals surface area contributed by atoms with Crippen molar-refractivity contribution in [3.63, 3.8) is 0 Å². The van der Waals surface area contributed by atoms with Crippen molar-refractivity contribution < 1.29 is 9.53 Å². The molecule has 0 aromatic carbocycles. The van der Waals surface area contributed by atoms with Crippen LogP contribution in [0.1, 0.15) is 60.1 Å². The Morgan fingerprint density at radius 1 is 1.29 bits per heavy atom. The van der Waals surface area contributed by atoms with Crippen molar-refractivity contribution in [2.75, 3.05) is 11.4 Å². The maximum Gasteiger partial charge on any atom is 0.329 e. The van der Waals surface area contributed by atoms with Crippen LogP contribution in [0.15, 0.2) is 6.20 Å². The second kappa shape index (κ2) is 5.72. The van der Waals surface area contributed by atoms with Crippen LogP contribution in [0.5, 0.6) is 0 Å². The summed E-state index contributed by atoms with van der Waals surface area (Å²) in [5.41, 5.74) is 0.558. The minimum absolute atomic E-state index is 0.000275. The number of esters is 1. The minimum Gasteiger partial charge on any atom is -0.458 e. The van der Waals surface area contributed by atoms with E-state index in [-0.39, 0.29) is 17.4 Å². The van der Waals surface area contributed by atoms with E-state index >= 15 is 0 Å². The number of imidazole rings is 1. The quantitative estimate of drug-likeness (QED) is 0.777. The number of nitrogens with zero attached hydrogens (tertiary/aromatic N) is 4. The molecule has 2 aromatic rings. The minimum atomic E-state index is -0.468. The van der Waals surface area contributed by atoms with Gasteiger partial charge in [0.05, 0.1) is 11.9 Å². The second-order valence-corrected chi connectivity index (χ2v) is 9.31. The zero-order valence-electron chi connectivity index (χ0n) is 15.3. The van der Waals surface area contributed by atoms with Crippen molar-refractivity contribution in [3.05, 3.63) is 11.9 Å². The molecule has 132 valence electrons. The number of anilines is 1. The van der Waals surface area contributed by atoms with Gasteiger partial charge < -0.3 is 9.64 Å². The topological polar surface area (TPSA) is 59.7 Å². The van der Waals surface area contributed by atoms with Crippen LogP contribution in [-0.2, 0) is 14.9 Å². The highest BCUT2D eigenvalue weighted by Crippen LogP contribution is 2.32. The Morgan fingerprint density at radius 2 is 2.00 bits per heavy atom. The van der Waals surface area contributed by atoms with Crippen LogP contribution >= 0.6 is 11.3 Å². The molecule has 1 saturated heterocycles. The molecular weight excluding hydrogens is 324 g/mol. The van der Waals surface area contributed by atoms with E-state index in [4.69, 9.17) is 4.74 Å². The maximum absolute atomic E-state index is 12.5. The van der Waals surface area contributed by atoms with Gasteiger partial charge in [-0.1, -0.05) is 32.1 Å². The summed E-state index contributed by atoms with van der Waals surface area (Å²) in [4.78, 5) is 20.1. The summed E-state index contributed by atoms with van der Waals surface area (Å²) in [6.45, 7) is 12.9. The molecule has 24 heavy (non-hydrogen) atoms. The Balaban J connectivity index is 1.83. The molecule has 0 saturated carbocycles. The lowest BCUT2D eigenvalue weighted by Crippen LogP contribution is -2.40. The number of fused-ring (bicyclic) bond motifs is 1. The lowest BCUT2D eigenvalue weighted by molar-refractivity contribution is -0.156. The Bertz CT molecular complexity index is 719. The van der Waals surface area contributed by atoms with Crippen LogP contribution in [-0.4, -0.2) is 38.8 Å². The van der Waals surface area contributed by atoms with Gasteiger partial charge in [0.2, 0.25) is 10.1 Å². The van der Waals surface area contributed by atoms with Crippen molar-refractivity contribution >= 4 is 27.4 Å². The van der Waals surface area contributed by atoms with Crippen molar-refractivity contribution in [1.29, 1.82) is 0 Å². The van der Waals surface area contributed by atoms with Crippen LogP contribution in [0.3, 0.4) is 0 Å². The summed E-state index contributed by atoms with van der Waals surface area (Å²) in [6.07, 6.45) is 3.76. The molecule has 3 rings (SSSR count). The highest BCUT2D eigenvalue weighted by molar-refractivity contribution is 7.20. The number of carbonyl (C=O) groups is 1. The second-order valence-electron chi connectivity index (χ2n) is 8.37. The van der Waals surface area contributed by atoms with E-state index in [9.17, 15) is 4.79 Å². The predicted molar refractivity (Wildman–Crippen MR) is 95.8 cm³/mol. The molecule has 1 aliphatic rings. The Hall–Kier alpha value is -1.63. The first-order valence-corrected chi connectivity index (χ1v) is 9.22. The first kappa shape index (κ1) is 17.2. The van der Waals surface area contributed by atoms with Gasteiger partial charge >= 0.3 is 5.97 Å². The number of rotatable bonds is 2. The van der Waals surface area contributed by atoms with Gasteiger partial charge in [-0.25, -0.2) is 14.3 Å². The van der Waals surface area contributed by atoms with Crippen LogP contribution in [0.4, 0.5) is 5.13 Å². The highest BCUT2D eigenvalue weighted by Gasteiger charge is 2.36. The average Bonchev–Trinajstić information content (AvgIpc) is 3.08. The molecule has 1 fully saturated rings. The number of hydrogen-bond acceptors (Lipinski definition) is 6. The molecular formula is C17H26N4O2S. The summed E-state index contributed by atoms with van der Waals surface area (Å²) >= 11 is 1.53. The molecule has 0 spiro atoms. The van der Waals surface area contributed by atoms with Gasteiger partial charge in [0.25, 0.3) is 0 Å². The van der Waals surface area contributed by atoms with Crippen molar-refractivity contribution in [2.24, 2.45) is 0 Å². The van der Waals surface area contributed by atoms with Crippen LogP contribution in [0.25, 0.3) is 4.96 Å². The Morgan fingerprint density at radius 3 is 2.58 bits per heavy atom. The van der Waals surface area contributed by atoms with E-state index in [2.05, 4.69) is 35.8 Å². The summed E-state index contributed by atoms with van der Waals surface area (Å²) in [5, 5.41) is 5.49. The van der Waals surface area contributed by atoms with Gasteiger partial charge in [-0.2, -0.15) is 0 Å². The SMILES string of the molecule is CC(C)(C)OC(=O)[C@@H]1CCCN1c1nn2cc(C(C)(C)C)nc2s1. The van der Waals surface area contributed by atoms with E-state index in [1.165, 1.54) is 11.3 Å². The number of hydrogen-bond donors (Lipinski definition) is 0. The molecule has 1 aliphatic heterocycles. The fraction of sp³-hybridized carbons (Fsp3) is 0.706. The van der Waals surface area contributed by atoms with Crippen LogP contribution in [0.2, 0.25) is 0 Å². The molecule has 0 N–H and O–H groups in total. The van der Waals surface area contributed by atoms with Gasteiger partial charge in [0.15, 0.2) is 0 Å². The van der Waals surface area contributed by atoms with E-state index < -0.39 is 5.60 Å². The summed E-state index contributed by atoms with van der Waals surface area (Å²) in [5.74, 6) is -0.164. The van der Waals surface area contributed by atoms with Crippen LogP contribution < -0.4 is 4.90 Å². The largest absolute Gasteiger partial charge is 0.458 e. The van der Waals surface area contributed by atoms with Gasteiger partial charge in [-0.15, -0.1) is 5.10 Å². The molecule has 0 radical (unpaired) electrons. The Labute approximate surface area is 146 Å². The highest BCUT2D eigenvalue weighted by atomic mass is 32.1.